The Morgan fingerprint density at radius 3 is 2.17 bits per heavy atom. The van der Waals surface area contributed by atoms with Crippen molar-refractivity contribution in [2.24, 2.45) is 17.6 Å². The highest BCUT2D eigenvalue weighted by Gasteiger charge is 2.29. The van der Waals surface area contributed by atoms with Gasteiger partial charge in [-0.2, -0.15) is 0 Å². The number of hydrogen-bond donors (Lipinski definition) is 1. The van der Waals surface area contributed by atoms with E-state index in [2.05, 4.69) is 60.7 Å². The van der Waals surface area contributed by atoms with Gasteiger partial charge in [0.25, 0.3) is 0 Å². The fraction of sp³-hybridized carbons (Fsp3) is 0.346. The van der Waals surface area contributed by atoms with Gasteiger partial charge < -0.3 is 5.73 Å². The zero-order chi connectivity index (χ0) is 20.1. The van der Waals surface area contributed by atoms with Crippen molar-refractivity contribution < 1.29 is 0 Å². The monoisotopic (exact) mass is 404 g/mol. The summed E-state index contributed by atoms with van der Waals surface area (Å²) in [7, 11) is 0. The van der Waals surface area contributed by atoms with Crippen molar-refractivity contribution >= 4 is 11.6 Å². The Hall–Kier alpha value is -2.16. The van der Waals surface area contributed by atoms with Crippen LogP contribution < -0.4 is 5.73 Å². The van der Waals surface area contributed by atoms with Gasteiger partial charge in [-0.05, 0) is 79.3 Å². The molecule has 1 fully saturated rings. The molecule has 2 N–H and O–H groups in total. The average molecular weight is 405 g/mol. The summed E-state index contributed by atoms with van der Waals surface area (Å²) in [6.07, 6.45) is 5.87. The molecule has 1 unspecified atom stereocenters. The molecule has 150 valence electrons. The van der Waals surface area contributed by atoms with Crippen LogP contribution in [0.15, 0.2) is 72.8 Å². The molecule has 0 radical (unpaired) electrons. The predicted octanol–water partition coefficient (Wildman–Crippen LogP) is 6.49. The molecule has 2 nitrogen and oxygen atoms in total. The number of rotatable bonds is 6. The SMILES string of the molecule is NCC1CCC(C(Cc2ccccc2)c2cc(-c3ccccc3)cc(Cl)n2)CC1. The van der Waals surface area contributed by atoms with Crippen molar-refractivity contribution in [2.75, 3.05) is 6.54 Å². The summed E-state index contributed by atoms with van der Waals surface area (Å²) >= 11 is 6.50. The van der Waals surface area contributed by atoms with E-state index in [-0.39, 0.29) is 0 Å². The largest absolute Gasteiger partial charge is 0.330 e. The number of nitrogens with two attached hydrogens (primary N) is 1. The van der Waals surface area contributed by atoms with Crippen LogP contribution in [0.25, 0.3) is 11.1 Å². The van der Waals surface area contributed by atoms with E-state index in [0.29, 0.717) is 22.9 Å². The van der Waals surface area contributed by atoms with E-state index in [1.54, 1.807) is 0 Å². The average Bonchev–Trinajstić information content (AvgIpc) is 2.78. The second-order valence-corrected chi connectivity index (χ2v) is 8.67. The van der Waals surface area contributed by atoms with Gasteiger partial charge in [-0.1, -0.05) is 72.3 Å². The minimum atomic E-state index is 0.372. The Bertz CT molecular complexity index is 903. The lowest BCUT2D eigenvalue weighted by atomic mass is 9.72. The molecule has 1 saturated carbocycles. The first kappa shape index (κ1) is 20.1. The molecule has 0 amide bonds. The van der Waals surface area contributed by atoms with Crippen molar-refractivity contribution in [2.45, 2.75) is 38.0 Å². The van der Waals surface area contributed by atoms with Crippen LogP contribution in [-0.4, -0.2) is 11.5 Å². The van der Waals surface area contributed by atoms with Crippen LogP contribution in [0.5, 0.6) is 0 Å². The zero-order valence-electron chi connectivity index (χ0n) is 16.8. The zero-order valence-corrected chi connectivity index (χ0v) is 17.6. The molecule has 1 aliphatic carbocycles. The third-order valence-corrected chi connectivity index (χ3v) is 6.59. The van der Waals surface area contributed by atoms with E-state index in [1.807, 2.05) is 12.1 Å². The summed E-state index contributed by atoms with van der Waals surface area (Å²) < 4.78 is 0. The maximum Gasteiger partial charge on any atom is 0.129 e. The lowest BCUT2D eigenvalue weighted by Crippen LogP contribution is -2.26. The first-order valence-corrected chi connectivity index (χ1v) is 11.1. The Morgan fingerprint density at radius 2 is 1.52 bits per heavy atom. The van der Waals surface area contributed by atoms with Crippen molar-refractivity contribution in [3.63, 3.8) is 0 Å². The fourth-order valence-corrected chi connectivity index (χ4v) is 4.93. The topological polar surface area (TPSA) is 38.9 Å². The number of halogens is 1. The van der Waals surface area contributed by atoms with Crippen LogP contribution in [0.1, 0.15) is 42.9 Å². The van der Waals surface area contributed by atoms with Crippen molar-refractivity contribution in [1.29, 1.82) is 0 Å². The van der Waals surface area contributed by atoms with E-state index in [1.165, 1.54) is 36.8 Å². The Labute approximate surface area is 179 Å². The van der Waals surface area contributed by atoms with Crippen molar-refractivity contribution in [1.82, 2.24) is 4.98 Å². The number of aromatic nitrogens is 1. The summed E-state index contributed by atoms with van der Waals surface area (Å²) in [5, 5.41) is 0.579. The van der Waals surface area contributed by atoms with E-state index in [9.17, 15) is 0 Å². The standard InChI is InChI=1S/C26H29ClN2/c27-26-17-23(21-9-5-2-6-10-21)16-25(29-26)24(15-19-7-3-1-4-8-19)22-13-11-20(18-28)12-14-22/h1-10,16-17,20,22,24H,11-15,18,28H2. The molecule has 1 heterocycles. The van der Waals surface area contributed by atoms with Crippen LogP contribution in [0.2, 0.25) is 5.15 Å². The molecule has 0 spiro atoms. The quantitative estimate of drug-likeness (QED) is 0.476. The molecule has 4 rings (SSSR count). The van der Waals surface area contributed by atoms with Gasteiger partial charge in [-0.3, -0.25) is 0 Å². The van der Waals surface area contributed by atoms with E-state index in [4.69, 9.17) is 22.3 Å². The second kappa shape index (κ2) is 9.56. The molecule has 3 aromatic rings. The molecule has 1 aliphatic rings. The van der Waals surface area contributed by atoms with E-state index < -0.39 is 0 Å². The van der Waals surface area contributed by atoms with Gasteiger partial charge in [-0.15, -0.1) is 0 Å². The highest BCUT2D eigenvalue weighted by Crippen LogP contribution is 2.40. The lowest BCUT2D eigenvalue weighted by molar-refractivity contribution is 0.242. The highest BCUT2D eigenvalue weighted by molar-refractivity contribution is 6.29. The third kappa shape index (κ3) is 5.07. The Morgan fingerprint density at radius 1 is 0.862 bits per heavy atom. The summed E-state index contributed by atoms with van der Waals surface area (Å²) in [6, 6.07) is 25.5. The first-order valence-electron chi connectivity index (χ1n) is 10.7. The molecule has 0 aliphatic heterocycles. The summed E-state index contributed by atoms with van der Waals surface area (Å²) in [5.41, 5.74) is 10.7. The van der Waals surface area contributed by atoms with Gasteiger partial charge >= 0.3 is 0 Å². The molecule has 29 heavy (non-hydrogen) atoms. The second-order valence-electron chi connectivity index (χ2n) is 8.28. The molecule has 1 atom stereocenters. The summed E-state index contributed by atoms with van der Waals surface area (Å²) in [6.45, 7) is 0.809. The van der Waals surface area contributed by atoms with Gasteiger partial charge in [0.15, 0.2) is 0 Å². The molecule has 3 heteroatoms. The summed E-state index contributed by atoms with van der Waals surface area (Å²) in [4.78, 5) is 4.81. The minimum absolute atomic E-state index is 0.372. The Kier molecular flexibility index (Phi) is 6.63. The smallest absolute Gasteiger partial charge is 0.129 e. The fourth-order valence-electron chi connectivity index (χ4n) is 4.71. The number of nitrogens with zero attached hydrogens (tertiary/aromatic N) is 1. The van der Waals surface area contributed by atoms with Crippen molar-refractivity contribution in [3.05, 3.63) is 89.2 Å². The van der Waals surface area contributed by atoms with Gasteiger partial charge in [0.2, 0.25) is 0 Å². The Balaban J connectivity index is 1.68. The van der Waals surface area contributed by atoms with E-state index >= 15 is 0 Å². The van der Waals surface area contributed by atoms with Crippen LogP contribution >= 0.6 is 11.6 Å². The van der Waals surface area contributed by atoms with Crippen LogP contribution in [0.4, 0.5) is 0 Å². The van der Waals surface area contributed by atoms with Gasteiger partial charge in [0.1, 0.15) is 5.15 Å². The van der Waals surface area contributed by atoms with Gasteiger partial charge in [-0.25, -0.2) is 4.98 Å². The molecule has 2 aromatic carbocycles. The third-order valence-electron chi connectivity index (χ3n) is 6.39. The molecular weight excluding hydrogens is 376 g/mol. The lowest BCUT2D eigenvalue weighted by Gasteiger charge is -2.33. The van der Waals surface area contributed by atoms with Crippen LogP contribution in [-0.2, 0) is 6.42 Å². The molecule has 1 aromatic heterocycles. The van der Waals surface area contributed by atoms with Crippen LogP contribution in [0, 0.1) is 11.8 Å². The van der Waals surface area contributed by atoms with Crippen LogP contribution in [0.3, 0.4) is 0 Å². The number of pyridine rings is 1. The van der Waals surface area contributed by atoms with Gasteiger partial charge in [0, 0.05) is 11.6 Å². The first-order chi connectivity index (χ1) is 14.2. The normalized spacial score (nSPS) is 20.3. The van der Waals surface area contributed by atoms with Crippen molar-refractivity contribution in [3.8, 4) is 11.1 Å². The minimum Gasteiger partial charge on any atom is -0.330 e. The number of hydrogen-bond acceptors (Lipinski definition) is 2. The van der Waals surface area contributed by atoms with Gasteiger partial charge in [0.05, 0.1) is 0 Å². The molecule has 0 bridgehead atoms. The maximum absolute atomic E-state index is 6.50. The molecular formula is C26H29ClN2. The molecule has 0 saturated heterocycles. The predicted molar refractivity (Wildman–Crippen MR) is 122 cm³/mol. The number of benzene rings is 2. The maximum atomic E-state index is 6.50. The van der Waals surface area contributed by atoms with E-state index in [0.717, 1.165) is 24.2 Å². The highest BCUT2D eigenvalue weighted by atomic mass is 35.5. The summed E-state index contributed by atoms with van der Waals surface area (Å²) in [5.74, 6) is 1.67.